The molecular formula is C8H14BrN3O8. The standard InChI is InChI=1S/C8H14BrN3O8/c1-3-19-7(20-4-2)6(9)5-8(10(13)14,11(15)16)12(17)18/h6-7H,3-5H2,1-2H3. The van der Waals surface area contributed by atoms with Crippen molar-refractivity contribution in [2.45, 2.75) is 37.2 Å². The van der Waals surface area contributed by atoms with Crippen LogP contribution in [0.5, 0.6) is 0 Å². The minimum Gasteiger partial charge on any atom is -0.352 e. The number of nitro groups is 3. The van der Waals surface area contributed by atoms with Gasteiger partial charge in [-0.2, -0.15) is 0 Å². The molecular weight excluding hydrogens is 346 g/mol. The van der Waals surface area contributed by atoms with Gasteiger partial charge in [0.05, 0.1) is 4.83 Å². The van der Waals surface area contributed by atoms with Crippen LogP contribution in [-0.2, 0) is 9.47 Å². The molecule has 0 aliphatic rings. The molecule has 0 aromatic heterocycles. The summed E-state index contributed by atoms with van der Waals surface area (Å²) in [6.45, 7) is 3.59. The zero-order valence-electron chi connectivity index (χ0n) is 10.8. The Hall–Kier alpha value is -1.40. The predicted octanol–water partition coefficient (Wildman–Crippen LogP) is 1.02. The topological polar surface area (TPSA) is 148 Å². The van der Waals surface area contributed by atoms with Crippen molar-refractivity contribution in [3.63, 3.8) is 0 Å². The quantitative estimate of drug-likeness (QED) is 0.243. The number of alkyl halides is 1. The van der Waals surface area contributed by atoms with Gasteiger partial charge in [0.1, 0.15) is 0 Å². The van der Waals surface area contributed by atoms with Crippen LogP contribution in [0.4, 0.5) is 0 Å². The number of nitrogens with zero attached hydrogens (tertiary/aromatic N) is 3. The molecule has 11 nitrogen and oxygen atoms in total. The summed E-state index contributed by atoms with van der Waals surface area (Å²) in [5.41, 5.74) is 0. The molecule has 12 heteroatoms. The lowest BCUT2D eigenvalue weighted by Gasteiger charge is -2.22. The van der Waals surface area contributed by atoms with Crippen LogP contribution >= 0.6 is 15.9 Å². The molecule has 0 heterocycles. The molecule has 0 fully saturated rings. The lowest BCUT2D eigenvalue weighted by atomic mass is 10.2. The molecule has 1 atom stereocenters. The molecule has 0 spiro atoms. The van der Waals surface area contributed by atoms with E-state index in [9.17, 15) is 30.3 Å². The zero-order valence-corrected chi connectivity index (χ0v) is 12.3. The maximum atomic E-state index is 10.8. The molecule has 0 radical (unpaired) electrons. The summed E-state index contributed by atoms with van der Waals surface area (Å²) in [6.07, 6.45) is -2.09. The fourth-order valence-corrected chi connectivity index (χ4v) is 2.11. The summed E-state index contributed by atoms with van der Waals surface area (Å²) >= 11 is 2.92. The molecule has 1 unspecified atom stereocenters. The van der Waals surface area contributed by atoms with Crippen molar-refractivity contribution in [3.8, 4) is 0 Å². The van der Waals surface area contributed by atoms with Crippen LogP contribution in [-0.4, -0.2) is 44.9 Å². The maximum absolute atomic E-state index is 10.8. The Morgan fingerprint density at radius 3 is 1.60 bits per heavy atom. The summed E-state index contributed by atoms with van der Waals surface area (Å²) in [5, 5.41) is 32.4. The highest BCUT2D eigenvalue weighted by molar-refractivity contribution is 9.09. The number of hydrogen-bond donors (Lipinski definition) is 0. The Morgan fingerprint density at radius 1 is 1.00 bits per heavy atom. The molecule has 116 valence electrons. The smallest absolute Gasteiger partial charge is 0.352 e. The van der Waals surface area contributed by atoms with E-state index in [0.29, 0.717) is 0 Å². The van der Waals surface area contributed by atoms with Crippen molar-refractivity contribution < 1.29 is 24.2 Å². The van der Waals surface area contributed by atoms with E-state index in [1.165, 1.54) is 0 Å². The highest BCUT2D eigenvalue weighted by Gasteiger charge is 2.71. The molecule has 0 aliphatic carbocycles. The van der Waals surface area contributed by atoms with Crippen LogP contribution < -0.4 is 0 Å². The molecule has 0 aromatic rings. The van der Waals surface area contributed by atoms with Gasteiger partial charge in [-0.3, -0.25) is 30.3 Å². The van der Waals surface area contributed by atoms with Gasteiger partial charge in [0.2, 0.25) is 0 Å². The fraction of sp³-hybridized carbons (Fsp3) is 1.00. The number of ether oxygens (including phenoxy) is 2. The van der Waals surface area contributed by atoms with Gasteiger partial charge in [0.25, 0.3) is 0 Å². The van der Waals surface area contributed by atoms with Crippen LogP contribution in [0.3, 0.4) is 0 Å². The second-order valence-corrected chi connectivity index (χ2v) is 4.72. The molecule has 0 saturated carbocycles. The Morgan fingerprint density at radius 2 is 1.35 bits per heavy atom. The first kappa shape index (κ1) is 18.6. The monoisotopic (exact) mass is 359 g/mol. The molecule has 0 amide bonds. The Balaban J connectivity index is 5.29. The van der Waals surface area contributed by atoms with Gasteiger partial charge in [0, 0.05) is 13.2 Å². The molecule has 0 aromatic carbocycles. The first-order chi connectivity index (χ1) is 9.23. The number of halogens is 1. The van der Waals surface area contributed by atoms with Crippen LogP contribution in [0, 0.1) is 30.3 Å². The summed E-state index contributed by atoms with van der Waals surface area (Å²) < 4.78 is 10.2. The molecule has 0 saturated heterocycles. The third kappa shape index (κ3) is 4.05. The van der Waals surface area contributed by atoms with Crippen LogP contribution in [0.25, 0.3) is 0 Å². The summed E-state index contributed by atoms with van der Waals surface area (Å²) in [4.78, 5) is 26.7. The van der Waals surface area contributed by atoms with Crippen LogP contribution in [0.1, 0.15) is 20.3 Å². The highest BCUT2D eigenvalue weighted by Crippen LogP contribution is 2.26. The largest absolute Gasteiger partial charge is 0.701 e. The average molecular weight is 360 g/mol. The lowest BCUT2D eigenvalue weighted by molar-refractivity contribution is -0.970. The lowest BCUT2D eigenvalue weighted by Crippen LogP contribution is -2.55. The van der Waals surface area contributed by atoms with Gasteiger partial charge in [-0.05, 0) is 13.8 Å². The van der Waals surface area contributed by atoms with E-state index in [1.807, 2.05) is 0 Å². The maximum Gasteiger partial charge on any atom is 0.701 e. The van der Waals surface area contributed by atoms with Crippen molar-refractivity contribution in [1.82, 2.24) is 0 Å². The van der Waals surface area contributed by atoms with Gasteiger partial charge < -0.3 is 9.47 Å². The number of hydrogen-bond acceptors (Lipinski definition) is 8. The second kappa shape index (κ2) is 8.01. The van der Waals surface area contributed by atoms with Crippen molar-refractivity contribution in [2.75, 3.05) is 13.2 Å². The zero-order chi connectivity index (χ0) is 15.9. The molecule has 20 heavy (non-hydrogen) atoms. The highest BCUT2D eigenvalue weighted by atomic mass is 79.9. The van der Waals surface area contributed by atoms with Gasteiger partial charge in [-0.25, -0.2) is 0 Å². The van der Waals surface area contributed by atoms with E-state index < -0.39 is 38.1 Å². The van der Waals surface area contributed by atoms with E-state index in [4.69, 9.17) is 9.47 Å². The summed E-state index contributed by atoms with van der Waals surface area (Å²) in [7, 11) is 0. The Labute approximate surface area is 121 Å². The fourth-order valence-electron chi connectivity index (χ4n) is 1.37. The number of rotatable bonds is 10. The Bertz CT molecular complexity index is 337. The summed E-state index contributed by atoms with van der Waals surface area (Å²) in [5.74, 6) is -3.54. The minimum absolute atomic E-state index is 0.176. The molecule has 0 bridgehead atoms. The minimum atomic E-state index is -3.54. The normalized spacial score (nSPS) is 13.2. The third-order valence-corrected chi connectivity index (χ3v) is 3.06. The van der Waals surface area contributed by atoms with Gasteiger partial charge in [-0.15, -0.1) is 0 Å². The summed E-state index contributed by atoms with van der Waals surface area (Å²) in [6, 6.07) is 0. The van der Waals surface area contributed by atoms with Crippen LogP contribution in [0.2, 0.25) is 0 Å². The van der Waals surface area contributed by atoms with Gasteiger partial charge in [0.15, 0.2) is 27.5 Å². The van der Waals surface area contributed by atoms with Crippen molar-refractivity contribution in [3.05, 3.63) is 30.3 Å². The van der Waals surface area contributed by atoms with E-state index in [2.05, 4.69) is 15.9 Å². The molecule has 0 aliphatic heterocycles. The third-order valence-electron chi connectivity index (χ3n) is 2.30. The van der Waals surface area contributed by atoms with Crippen molar-refractivity contribution in [1.29, 1.82) is 0 Å². The van der Waals surface area contributed by atoms with E-state index >= 15 is 0 Å². The van der Waals surface area contributed by atoms with E-state index in [0.717, 1.165) is 0 Å². The van der Waals surface area contributed by atoms with Gasteiger partial charge >= 0.3 is 5.79 Å². The predicted molar refractivity (Wildman–Crippen MR) is 68.1 cm³/mol. The van der Waals surface area contributed by atoms with Gasteiger partial charge in [-0.1, -0.05) is 15.9 Å². The van der Waals surface area contributed by atoms with Crippen molar-refractivity contribution in [2.24, 2.45) is 0 Å². The van der Waals surface area contributed by atoms with Crippen molar-refractivity contribution >= 4 is 15.9 Å². The van der Waals surface area contributed by atoms with Crippen LogP contribution in [0.15, 0.2) is 0 Å². The first-order valence-electron chi connectivity index (χ1n) is 5.54. The SMILES string of the molecule is CCOC(OCC)C(Br)CC([N+](=O)[O-])([N+](=O)[O-])[N+](=O)[O-]. The van der Waals surface area contributed by atoms with E-state index in [-0.39, 0.29) is 13.2 Å². The Kier molecular flexibility index (Phi) is 7.45. The first-order valence-corrected chi connectivity index (χ1v) is 6.46. The molecule has 0 rings (SSSR count). The van der Waals surface area contributed by atoms with E-state index in [1.54, 1.807) is 13.8 Å². The molecule has 0 N–H and O–H groups in total. The second-order valence-electron chi connectivity index (χ2n) is 3.54. The average Bonchev–Trinajstić information content (AvgIpc) is 2.33.